The summed E-state index contributed by atoms with van der Waals surface area (Å²) in [6.45, 7) is 1.43. The summed E-state index contributed by atoms with van der Waals surface area (Å²) in [5.74, 6) is -0.0406. The van der Waals surface area contributed by atoms with E-state index in [2.05, 4.69) is 9.88 Å². The van der Waals surface area contributed by atoms with Crippen LogP contribution in [0.2, 0.25) is 0 Å². The average molecular weight is 404 g/mol. The Morgan fingerprint density at radius 1 is 1.11 bits per heavy atom. The zero-order valence-corrected chi connectivity index (χ0v) is 17.0. The zero-order chi connectivity index (χ0) is 19.2. The first-order chi connectivity index (χ1) is 13.0. The Morgan fingerprint density at radius 3 is 2.59 bits per heavy atom. The first-order valence-electron chi connectivity index (χ1n) is 8.72. The zero-order valence-electron chi connectivity index (χ0n) is 15.4. The number of fused-ring (bicyclic) bond motifs is 1. The van der Waals surface area contributed by atoms with Gasteiger partial charge in [-0.15, -0.1) is 11.8 Å². The number of amides is 1. The highest BCUT2D eigenvalue weighted by atomic mass is 32.2. The van der Waals surface area contributed by atoms with Crippen LogP contribution in [0.4, 0.5) is 9.52 Å². The van der Waals surface area contributed by atoms with Crippen LogP contribution in [-0.4, -0.2) is 48.7 Å². The fourth-order valence-electron chi connectivity index (χ4n) is 2.63. The highest BCUT2D eigenvalue weighted by Crippen LogP contribution is 2.31. The van der Waals surface area contributed by atoms with Crippen molar-refractivity contribution in [3.63, 3.8) is 0 Å². The summed E-state index contributed by atoms with van der Waals surface area (Å²) < 4.78 is 14.8. The Morgan fingerprint density at radius 2 is 1.89 bits per heavy atom. The number of aromatic nitrogens is 1. The number of nitrogens with zero attached hydrogens (tertiary/aromatic N) is 3. The van der Waals surface area contributed by atoms with Crippen LogP contribution >= 0.6 is 23.1 Å². The van der Waals surface area contributed by atoms with E-state index in [1.54, 1.807) is 11.0 Å². The number of carbonyl (C=O) groups is 1. The number of thioether (sulfide) groups is 1. The fourth-order valence-corrected chi connectivity index (χ4v) is 4.45. The van der Waals surface area contributed by atoms with Gasteiger partial charge in [-0.1, -0.05) is 35.6 Å². The van der Waals surface area contributed by atoms with Crippen molar-refractivity contribution in [1.29, 1.82) is 0 Å². The van der Waals surface area contributed by atoms with Crippen molar-refractivity contribution in [2.24, 2.45) is 0 Å². The maximum atomic E-state index is 14.0. The summed E-state index contributed by atoms with van der Waals surface area (Å²) in [6.07, 6.45) is 0.827. The van der Waals surface area contributed by atoms with E-state index in [-0.39, 0.29) is 11.7 Å². The number of para-hydroxylation sites is 1. The lowest BCUT2D eigenvalue weighted by Crippen LogP contribution is -2.34. The lowest BCUT2D eigenvalue weighted by Gasteiger charge is -2.21. The fraction of sp³-hybridized carbons (Fsp3) is 0.300. The number of halogens is 1. The minimum atomic E-state index is -0.352. The number of hydrogen-bond acceptors (Lipinski definition) is 5. The Labute approximate surface area is 167 Å². The molecule has 1 heterocycles. The molecule has 0 saturated carbocycles. The third-order valence-corrected chi connectivity index (χ3v) is 6.02. The molecular weight excluding hydrogens is 381 g/mol. The van der Waals surface area contributed by atoms with Gasteiger partial charge in [0.15, 0.2) is 5.13 Å². The molecule has 27 heavy (non-hydrogen) atoms. The van der Waals surface area contributed by atoms with Gasteiger partial charge in [0.25, 0.3) is 0 Å². The molecule has 0 aliphatic carbocycles. The minimum absolute atomic E-state index is 0.0120. The Bertz CT molecular complexity index is 899. The first-order valence-corrected chi connectivity index (χ1v) is 10.5. The third-order valence-electron chi connectivity index (χ3n) is 3.98. The summed E-state index contributed by atoms with van der Waals surface area (Å²) in [4.78, 5) is 22.2. The van der Waals surface area contributed by atoms with Crippen LogP contribution in [0.5, 0.6) is 0 Å². The molecule has 0 saturated heterocycles. The molecule has 4 nitrogen and oxygen atoms in total. The molecule has 142 valence electrons. The number of hydrogen-bond donors (Lipinski definition) is 0. The summed E-state index contributed by atoms with van der Waals surface area (Å²) in [6, 6.07) is 14.7. The molecule has 0 unspecified atom stereocenters. The molecule has 0 bridgehead atoms. The highest BCUT2D eigenvalue weighted by Gasteiger charge is 2.20. The molecule has 3 aromatic rings. The largest absolute Gasteiger partial charge is 0.309 e. The first kappa shape index (κ1) is 19.8. The van der Waals surface area contributed by atoms with E-state index < -0.39 is 0 Å². The SMILES string of the molecule is CN(C)CCCN(C(=O)CSc1ccccc1)c1nc2c(F)cccc2s1. The summed E-state index contributed by atoms with van der Waals surface area (Å²) in [7, 11) is 4.01. The van der Waals surface area contributed by atoms with Crippen molar-refractivity contribution < 1.29 is 9.18 Å². The van der Waals surface area contributed by atoms with E-state index >= 15 is 0 Å². The monoisotopic (exact) mass is 403 g/mol. The lowest BCUT2D eigenvalue weighted by atomic mass is 10.3. The topological polar surface area (TPSA) is 36.4 Å². The number of carbonyl (C=O) groups excluding carboxylic acids is 1. The van der Waals surface area contributed by atoms with E-state index in [9.17, 15) is 9.18 Å². The highest BCUT2D eigenvalue weighted by molar-refractivity contribution is 8.00. The van der Waals surface area contributed by atoms with Gasteiger partial charge in [-0.05, 0) is 51.3 Å². The molecule has 0 spiro atoms. The number of rotatable bonds is 8. The van der Waals surface area contributed by atoms with Gasteiger partial charge in [-0.25, -0.2) is 9.37 Å². The molecule has 0 aliphatic rings. The van der Waals surface area contributed by atoms with Gasteiger partial charge < -0.3 is 4.90 Å². The van der Waals surface area contributed by atoms with Crippen molar-refractivity contribution >= 4 is 44.4 Å². The van der Waals surface area contributed by atoms with Gasteiger partial charge in [-0.2, -0.15) is 0 Å². The van der Waals surface area contributed by atoms with Crippen LogP contribution in [0.25, 0.3) is 10.2 Å². The standard InChI is InChI=1S/C20H22FN3OS2/c1-23(2)12-7-13-24(18(25)14-26-15-8-4-3-5-9-15)20-22-19-16(21)10-6-11-17(19)27-20/h3-6,8-11H,7,12-14H2,1-2H3. The smallest absolute Gasteiger partial charge is 0.239 e. The Balaban J connectivity index is 1.78. The predicted molar refractivity (Wildman–Crippen MR) is 112 cm³/mol. The van der Waals surface area contributed by atoms with E-state index in [1.807, 2.05) is 50.5 Å². The molecule has 0 aliphatic heterocycles. The van der Waals surface area contributed by atoms with Crippen LogP contribution in [-0.2, 0) is 4.79 Å². The molecule has 0 N–H and O–H groups in total. The molecule has 0 fully saturated rings. The van der Waals surface area contributed by atoms with Crippen molar-refractivity contribution in [3.05, 3.63) is 54.3 Å². The molecular formula is C20H22FN3OS2. The Hall–Kier alpha value is -1.96. The molecule has 0 radical (unpaired) electrons. The normalized spacial score (nSPS) is 11.3. The maximum Gasteiger partial charge on any atom is 0.239 e. The predicted octanol–water partition coefficient (Wildman–Crippen LogP) is 4.51. The summed E-state index contributed by atoms with van der Waals surface area (Å²) in [5.41, 5.74) is 0.332. The third kappa shape index (κ3) is 5.28. The maximum absolute atomic E-state index is 14.0. The number of benzene rings is 2. The lowest BCUT2D eigenvalue weighted by molar-refractivity contribution is -0.116. The number of thiazole rings is 1. The van der Waals surface area contributed by atoms with Crippen LogP contribution in [0.15, 0.2) is 53.4 Å². The average Bonchev–Trinajstić information content (AvgIpc) is 3.09. The van der Waals surface area contributed by atoms with E-state index in [0.29, 0.717) is 22.9 Å². The van der Waals surface area contributed by atoms with Gasteiger partial charge in [0.05, 0.1) is 10.5 Å². The van der Waals surface area contributed by atoms with E-state index in [1.165, 1.54) is 29.2 Å². The van der Waals surface area contributed by atoms with Crippen LogP contribution in [0, 0.1) is 5.82 Å². The molecule has 1 aromatic heterocycles. The molecule has 0 atom stereocenters. The number of anilines is 1. The van der Waals surface area contributed by atoms with Crippen molar-refractivity contribution in [3.8, 4) is 0 Å². The van der Waals surface area contributed by atoms with Gasteiger partial charge in [-0.3, -0.25) is 9.69 Å². The second kappa shape index (κ2) is 9.30. The molecule has 3 rings (SSSR count). The Kier molecular flexibility index (Phi) is 6.82. The van der Waals surface area contributed by atoms with Gasteiger partial charge in [0.2, 0.25) is 5.91 Å². The van der Waals surface area contributed by atoms with E-state index in [4.69, 9.17) is 0 Å². The molecule has 7 heteroatoms. The van der Waals surface area contributed by atoms with Crippen LogP contribution in [0.3, 0.4) is 0 Å². The van der Waals surface area contributed by atoms with Crippen LogP contribution < -0.4 is 4.90 Å². The molecule has 2 aromatic carbocycles. The second-order valence-corrected chi connectivity index (χ2v) is 8.44. The van der Waals surface area contributed by atoms with Gasteiger partial charge in [0, 0.05) is 11.4 Å². The van der Waals surface area contributed by atoms with Crippen molar-refractivity contribution in [2.75, 3.05) is 37.8 Å². The quantitative estimate of drug-likeness (QED) is 0.519. The minimum Gasteiger partial charge on any atom is -0.309 e. The van der Waals surface area contributed by atoms with Crippen LogP contribution in [0.1, 0.15) is 6.42 Å². The van der Waals surface area contributed by atoms with Crippen molar-refractivity contribution in [1.82, 2.24) is 9.88 Å². The van der Waals surface area contributed by atoms with Crippen molar-refractivity contribution in [2.45, 2.75) is 11.3 Å². The van der Waals surface area contributed by atoms with E-state index in [0.717, 1.165) is 22.6 Å². The van der Waals surface area contributed by atoms with Gasteiger partial charge >= 0.3 is 0 Å². The second-order valence-electron chi connectivity index (χ2n) is 6.39. The molecule has 1 amide bonds. The summed E-state index contributed by atoms with van der Waals surface area (Å²) >= 11 is 2.86. The van der Waals surface area contributed by atoms with Gasteiger partial charge in [0.1, 0.15) is 11.3 Å². The summed E-state index contributed by atoms with van der Waals surface area (Å²) in [5, 5.41) is 0.563.